The number of benzene rings is 1. The third kappa shape index (κ3) is 3.17. The topological polar surface area (TPSA) is 125 Å². The molecule has 2 amide bonds. The number of nitrogens with one attached hydrogen (secondary N) is 1. The summed E-state index contributed by atoms with van der Waals surface area (Å²) >= 11 is 0. The summed E-state index contributed by atoms with van der Waals surface area (Å²) in [4.78, 5) is 27.9. The van der Waals surface area contributed by atoms with Crippen molar-refractivity contribution < 1.29 is 27.8 Å². The number of cyclic esters (lactones) is 1. The maximum Gasteiger partial charge on any atom is 0.417 e. The predicted molar refractivity (Wildman–Crippen MR) is 92.3 cm³/mol. The minimum absolute atomic E-state index is 0.0365. The molecule has 1 saturated heterocycles. The molecule has 1 aromatic carbocycles. The van der Waals surface area contributed by atoms with E-state index >= 15 is 0 Å². The molecule has 28 heavy (non-hydrogen) atoms. The highest BCUT2D eigenvalue weighted by Gasteiger charge is 2.43. The molecule has 0 spiro atoms. The molecular formula is C16H16F2N6O4. The van der Waals surface area contributed by atoms with Crippen molar-refractivity contribution in [1.82, 2.24) is 14.8 Å². The lowest BCUT2D eigenvalue weighted by atomic mass is 10.1. The summed E-state index contributed by atoms with van der Waals surface area (Å²) < 4.78 is 38.3. The summed E-state index contributed by atoms with van der Waals surface area (Å²) in [6.45, 7) is 0.105. The molecule has 3 heterocycles. The number of carbonyl (C=O) groups excluding carboxylic acids is 2. The van der Waals surface area contributed by atoms with Crippen molar-refractivity contribution in [2.24, 2.45) is 5.73 Å². The number of alkyl halides is 2. The number of anilines is 2. The van der Waals surface area contributed by atoms with Gasteiger partial charge in [-0.1, -0.05) is 0 Å². The highest BCUT2D eigenvalue weighted by Crippen LogP contribution is 2.35. The smallest absolute Gasteiger partial charge is 0.417 e. The number of rotatable bonds is 5. The minimum Gasteiger partial charge on any atom is -0.491 e. The Labute approximate surface area is 157 Å². The first-order chi connectivity index (χ1) is 13.4. The van der Waals surface area contributed by atoms with E-state index in [1.165, 1.54) is 4.68 Å². The lowest BCUT2D eigenvalue weighted by Crippen LogP contribution is -2.39. The number of aromatic nitrogens is 3. The summed E-state index contributed by atoms with van der Waals surface area (Å²) in [6, 6.07) is 3.63. The lowest BCUT2D eigenvalue weighted by Gasteiger charge is -2.16. The number of nitrogens with zero attached hydrogens (tertiary/aromatic N) is 4. The third-order valence-corrected chi connectivity index (χ3v) is 4.32. The van der Waals surface area contributed by atoms with Crippen LogP contribution in [0.1, 0.15) is 0 Å². The van der Waals surface area contributed by atoms with E-state index in [0.29, 0.717) is 29.4 Å². The van der Waals surface area contributed by atoms with Crippen molar-refractivity contribution in [2.45, 2.75) is 19.0 Å². The van der Waals surface area contributed by atoms with Gasteiger partial charge in [0.2, 0.25) is 5.91 Å². The Morgan fingerprint density at radius 3 is 2.96 bits per heavy atom. The summed E-state index contributed by atoms with van der Waals surface area (Å²) in [5.74, 6) is 0.191. The number of carbonyl (C=O) groups is 2. The van der Waals surface area contributed by atoms with Gasteiger partial charge in [0, 0.05) is 11.8 Å². The van der Waals surface area contributed by atoms with E-state index in [4.69, 9.17) is 15.2 Å². The lowest BCUT2D eigenvalue weighted by molar-refractivity contribution is -0.116. The van der Waals surface area contributed by atoms with Crippen LogP contribution in [0.2, 0.25) is 0 Å². The molecule has 0 aliphatic carbocycles. The summed E-state index contributed by atoms with van der Waals surface area (Å²) in [6.07, 6.45) is -3.70. The molecule has 0 saturated carbocycles. The first kappa shape index (κ1) is 17.9. The fourth-order valence-corrected chi connectivity index (χ4v) is 3.01. The number of nitrogens with two attached hydrogens (primary N) is 1. The molecule has 12 heteroatoms. The van der Waals surface area contributed by atoms with Crippen LogP contribution in [-0.4, -0.2) is 59.0 Å². The maximum atomic E-state index is 13.2. The number of hydrogen-bond donors (Lipinski definition) is 2. The number of halogens is 2. The predicted octanol–water partition coefficient (Wildman–Crippen LogP) is 0.825. The van der Waals surface area contributed by atoms with E-state index in [2.05, 4.69) is 15.4 Å². The quantitative estimate of drug-likeness (QED) is 0.769. The minimum atomic E-state index is -2.79. The second-order valence-electron chi connectivity index (χ2n) is 6.19. The fourth-order valence-electron chi connectivity index (χ4n) is 3.01. The zero-order valence-corrected chi connectivity index (χ0v) is 14.5. The summed E-state index contributed by atoms with van der Waals surface area (Å²) in [5, 5.41) is 7.06. The number of hydrogen-bond acceptors (Lipinski definition) is 7. The van der Waals surface area contributed by atoms with E-state index in [9.17, 15) is 18.4 Å². The zero-order chi connectivity index (χ0) is 19.8. The van der Waals surface area contributed by atoms with Gasteiger partial charge < -0.3 is 20.5 Å². The van der Waals surface area contributed by atoms with E-state index in [-0.39, 0.29) is 19.1 Å². The number of primary amides is 1. The first-order valence-corrected chi connectivity index (χ1v) is 8.42. The average molecular weight is 394 g/mol. The summed E-state index contributed by atoms with van der Waals surface area (Å²) in [5.41, 5.74) is 6.31. The second-order valence-corrected chi connectivity index (χ2v) is 6.19. The van der Waals surface area contributed by atoms with Crippen LogP contribution in [0.3, 0.4) is 0 Å². The van der Waals surface area contributed by atoms with Gasteiger partial charge in [-0.3, -0.25) is 4.79 Å². The van der Waals surface area contributed by atoms with E-state index in [0.717, 1.165) is 4.90 Å². The van der Waals surface area contributed by atoms with Crippen LogP contribution in [0.4, 0.5) is 25.2 Å². The summed E-state index contributed by atoms with van der Waals surface area (Å²) in [7, 11) is 0. The van der Waals surface area contributed by atoms with Gasteiger partial charge in [0.05, 0.1) is 18.7 Å². The van der Waals surface area contributed by atoms with Gasteiger partial charge in [-0.05, 0) is 12.1 Å². The molecule has 148 valence electrons. The number of amides is 2. The third-order valence-electron chi connectivity index (χ3n) is 4.32. The Bertz CT molecular complexity index is 934. The van der Waals surface area contributed by atoms with Crippen molar-refractivity contribution >= 4 is 23.6 Å². The van der Waals surface area contributed by atoms with Crippen LogP contribution in [0.15, 0.2) is 18.2 Å². The fraction of sp³-hybridized carbons (Fsp3) is 0.375. The number of ether oxygens (including phenoxy) is 2. The second kappa shape index (κ2) is 6.94. The monoisotopic (exact) mass is 394 g/mol. The van der Waals surface area contributed by atoms with Crippen LogP contribution in [-0.2, 0) is 16.1 Å². The molecule has 2 aliphatic heterocycles. The molecule has 10 nitrogen and oxygen atoms in total. The molecule has 0 radical (unpaired) electrons. The Balaban J connectivity index is 1.68. The Kier molecular flexibility index (Phi) is 4.45. The zero-order valence-electron chi connectivity index (χ0n) is 14.5. The van der Waals surface area contributed by atoms with Crippen LogP contribution in [0.25, 0.3) is 11.4 Å². The molecule has 3 N–H and O–H groups in total. The van der Waals surface area contributed by atoms with Gasteiger partial charge in [0.15, 0.2) is 5.82 Å². The molecule has 2 aliphatic rings. The largest absolute Gasteiger partial charge is 0.491 e. The molecule has 0 bridgehead atoms. The van der Waals surface area contributed by atoms with Gasteiger partial charge in [0.25, 0.3) is 12.4 Å². The molecular weight excluding hydrogens is 378 g/mol. The molecule has 4 rings (SSSR count). The maximum absolute atomic E-state index is 13.2. The van der Waals surface area contributed by atoms with E-state index in [1.807, 2.05) is 0 Å². The molecule has 1 unspecified atom stereocenters. The Morgan fingerprint density at radius 1 is 1.39 bits per heavy atom. The molecule has 1 aromatic heterocycles. The highest BCUT2D eigenvalue weighted by atomic mass is 19.3. The first-order valence-electron chi connectivity index (χ1n) is 8.42. The number of fused-ring (bicyclic) bond motifs is 3. The molecule has 2 aromatic rings. The Morgan fingerprint density at radius 2 is 2.21 bits per heavy atom. The van der Waals surface area contributed by atoms with Crippen molar-refractivity contribution in [1.29, 1.82) is 0 Å². The molecule has 1 fully saturated rings. The average Bonchev–Trinajstić information content (AvgIpc) is 3.19. The van der Waals surface area contributed by atoms with Gasteiger partial charge >= 0.3 is 6.09 Å². The van der Waals surface area contributed by atoms with Crippen LogP contribution in [0.5, 0.6) is 5.75 Å². The van der Waals surface area contributed by atoms with Crippen molar-refractivity contribution in [3.63, 3.8) is 0 Å². The van der Waals surface area contributed by atoms with Gasteiger partial charge in [-0.25, -0.2) is 23.2 Å². The van der Waals surface area contributed by atoms with Crippen molar-refractivity contribution in [2.75, 3.05) is 30.0 Å². The Hall–Kier alpha value is -3.44. The highest BCUT2D eigenvalue weighted by molar-refractivity contribution is 5.88. The van der Waals surface area contributed by atoms with E-state index in [1.54, 1.807) is 18.2 Å². The van der Waals surface area contributed by atoms with E-state index < -0.39 is 31.1 Å². The van der Waals surface area contributed by atoms with Gasteiger partial charge in [-0.15, -0.1) is 5.10 Å². The van der Waals surface area contributed by atoms with Crippen LogP contribution >= 0.6 is 0 Å². The van der Waals surface area contributed by atoms with Gasteiger partial charge in [-0.2, -0.15) is 4.98 Å². The van der Waals surface area contributed by atoms with Crippen LogP contribution in [0, 0.1) is 0 Å². The van der Waals surface area contributed by atoms with Gasteiger partial charge in [0.1, 0.15) is 25.0 Å². The SMILES string of the molecule is NC(=O)CNc1ccc2c(c1)OCCn1nc(N3C(=O)OCC3C(F)F)nc1-2. The molecule has 1 atom stereocenters. The van der Waals surface area contributed by atoms with Crippen molar-refractivity contribution in [3.8, 4) is 17.1 Å². The van der Waals surface area contributed by atoms with Crippen molar-refractivity contribution in [3.05, 3.63) is 18.2 Å². The van der Waals surface area contributed by atoms with Crippen LogP contribution < -0.4 is 20.7 Å². The standard InChI is InChI=1S/C16H16F2N6O4/c17-13(18)10-7-28-16(26)24(10)15-21-14-9-2-1-8(20-6-12(19)25)5-11(9)27-4-3-23(14)22-15/h1-2,5,10,13,20H,3-4,6-7H2,(H2,19,25). The normalized spacial score (nSPS) is 18.2.